The van der Waals surface area contributed by atoms with Crippen LogP contribution in [0.25, 0.3) is 0 Å². The van der Waals surface area contributed by atoms with Crippen molar-refractivity contribution in [1.29, 1.82) is 0 Å². The molecule has 6 nitrogen and oxygen atoms in total. The van der Waals surface area contributed by atoms with Gasteiger partial charge in [-0.2, -0.15) is 13.2 Å². The third-order valence-electron chi connectivity index (χ3n) is 9.11. The minimum absolute atomic E-state index is 0.0319. The fourth-order valence-electron chi connectivity index (χ4n) is 6.48. The fraction of sp³-hybridized carbons (Fsp3) is 0.636. The van der Waals surface area contributed by atoms with Crippen molar-refractivity contribution in [3.8, 4) is 0 Å². The molecule has 0 saturated heterocycles. The van der Waals surface area contributed by atoms with Crippen molar-refractivity contribution in [2.24, 2.45) is 23.7 Å². The first-order chi connectivity index (χ1) is 20.0. The second-order valence-corrected chi connectivity index (χ2v) is 12.0. The van der Waals surface area contributed by atoms with Crippen LogP contribution in [0, 0.1) is 23.7 Å². The summed E-state index contributed by atoms with van der Waals surface area (Å²) in [5.74, 6) is 0.413. The zero-order valence-electron chi connectivity index (χ0n) is 24.4. The van der Waals surface area contributed by atoms with Gasteiger partial charge in [-0.1, -0.05) is 37.4 Å². The van der Waals surface area contributed by atoms with E-state index in [4.69, 9.17) is 19.7 Å². The first-order valence-corrected chi connectivity index (χ1v) is 15.1. The van der Waals surface area contributed by atoms with Gasteiger partial charge >= 0.3 is 18.1 Å². The summed E-state index contributed by atoms with van der Waals surface area (Å²) < 4.78 is 48.0. The Morgan fingerprint density at radius 3 is 1.74 bits per heavy atom. The Balaban J connectivity index is 1.47. The standard InChI is InChI=1S/C33H45F3O6/c1-22(18-37)31(39)41-20-30(21-42-32(40)23(2)19-38)29-15-13-28(14-16-29)27-11-9-26(10-12-27)25-7-5-24(6-8-25)4-3-17-33(34,35)36/h5-8,26-30,37-38H,1-4,9-21H2. The third kappa shape index (κ3) is 10.6. The van der Waals surface area contributed by atoms with Crippen molar-refractivity contribution in [3.63, 3.8) is 0 Å². The van der Waals surface area contributed by atoms with Crippen molar-refractivity contribution < 1.29 is 42.4 Å². The monoisotopic (exact) mass is 594 g/mol. The fourth-order valence-corrected chi connectivity index (χ4v) is 6.48. The van der Waals surface area contributed by atoms with E-state index in [-0.39, 0.29) is 42.6 Å². The van der Waals surface area contributed by atoms with Gasteiger partial charge in [-0.05, 0) is 99.0 Å². The number of halogens is 3. The number of esters is 2. The number of rotatable bonds is 14. The zero-order valence-corrected chi connectivity index (χ0v) is 24.4. The molecular formula is C33H45F3O6. The number of hydrogen-bond acceptors (Lipinski definition) is 6. The van der Waals surface area contributed by atoms with Gasteiger partial charge in [0.05, 0.1) is 37.6 Å². The molecule has 0 aromatic heterocycles. The Morgan fingerprint density at radius 2 is 1.29 bits per heavy atom. The first-order valence-electron chi connectivity index (χ1n) is 15.1. The van der Waals surface area contributed by atoms with Crippen LogP contribution in [0.2, 0.25) is 0 Å². The molecule has 42 heavy (non-hydrogen) atoms. The topological polar surface area (TPSA) is 93.1 Å². The Labute approximate surface area is 247 Å². The van der Waals surface area contributed by atoms with Gasteiger partial charge < -0.3 is 19.7 Å². The zero-order chi connectivity index (χ0) is 30.7. The molecular weight excluding hydrogens is 549 g/mol. The highest BCUT2D eigenvalue weighted by molar-refractivity contribution is 5.88. The molecule has 0 aliphatic heterocycles. The highest BCUT2D eigenvalue weighted by Gasteiger charge is 2.35. The molecule has 0 spiro atoms. The van der Waals surface area contributed by atoms with E-state index in [2.05, 4.69) is 25.3 Å². The predicted octanol–water partition coefficient (Wildman–Crippen LogP) is 6.45. The molecule has 0 bridgehead atoms. The van der Waals surface area contributed by atoms with E-state index in [1.165, 1.54) is 5.56 Å². The van der Waals surface area contributed by atoms with Crippen molar-refractivity contribution in [3.05, 3.63) is 59.7 Å². The highest BCUT2D eigenvalue weighted by Crippen LogP contribution is 2.45. The van der Waals surface area contributed by atoms with E-state index in [1.54, 1.807) is 0 Å². The largest absolute Gasteiger partial charge is 0.462 e. The number of aliphatic hydroxyl groups excluding tert-OH is 2. The number of carbonyl (C=O) groups excluding carboxylic acids is 2. The van der Waals surface area contributed by atoms with Gasteiger partial charge in [0.25, 0.3) is 0 Å². The summed E-state index contributed by atoms with van der Waals surface area (Å²) in [6.07, 6.45) is 4.20. The second kappa shape index (κ2) is 16.3. The molecule has 1 aromatic rings. The molecule has 0 unspecified atom stereocenters. The number of ether oxygens (including phenoxy) is 2. The third-order valence-corrected chi connectivity index (χ3v) is 9.11. The minimum Gasteiger partial charge on any atom is -0.462 e. The summed E-state index contributed by atoms with van der Waals surface area (Å²) in [6, 6.07) is 8.13. The van der Waals surface area contributed by atoms with Gasteiger partial charge in [-0.3, -0.25) is 0 Å². The molecule has 9 heteroatoms. The molecule has 2 aliphatic rings. The lowest BCUT2D eigenvalue weighted by Gasteiger charge is -2.39. The summed E-state index contributed by atoms with van der Waals surface area (Å²) in [7, 11) is 0. The molecule has 2 fully saturated rings. The second-order valence-electron chi connectivity index (χ2n) is 12.0. The molecule has 0 heterocycles. The summed E-state index contributed by atoms with van der Waals surface area (Å²) in [5, 5.41) is 18.3. The average molecular weight is 595 g/mol. The van der Waals surface area contributed by atoms with Crippen LogP contribution in [-0.2, 0) is 25.5 Å². The summed E-state index contributed by atoms with van der Waals surface area (Å²) in [4.78, 5) is 24.1. The summed E-state index contributed by atoms with van der Waals surface area (Å²) >= 11 is 0. The molecule has 0 radical (unpaired) electrons. The van der Waals surface area contributed by atoms with E-state index >= 15 is 0 Å². The normalized spacial score (nSPS) is 22.9. The van der Waals surface area contributed by atoms with Gasteiger partial charge in [0.15, 0.2) is 0 Å². The van der Waals surface area contributed by atoms with Crippen LogP contribution in [0.3, 0.4) is 0 Å². The van der Waals surface area contributed by atoms with Crippen molar-refractivity contribution in [2.75, 3.05) is 26.4 Å². The van der Waals surface area contributed by atoms with Gasteiger partial charge in [-0.15, -0.1) is 0 Å². The quantitative estimate of drug-likeness (QED) is 0.190. The van der Waals surface area contributed by atoms with Crippen molar-refractivity contribution >= 4 is 11.9 Å². The molecule has 234 valence electrons. The van der Waals surface area contributed by atoms with Crippen molar-refractivity contribution in [1.82, 2.24) is 0 Å². The van der Waals surface area contributed by atoms with Crippen LogP contribution < -0.4 is 0 Å². The summed E-state index contributed by atoms with van der Waals surface area (Å²) in [5.41, 5.74) is 2.16. The predicted molar refractivity (Wildman–Crippen MR) is 153 cm³/mol. The number of carbonyl (C=O) groups is 2. The van der Waals surface area contributed by atoms with Crippen LogP contribution >= 0.6 is 0 Å². The SMILES string of the molecule is C=C(CO)C(=O)OCC(COC(=O)C(=C)CO)C1CCC(C2CCC(c3ccc(CCCC(F)(F)F)cc3)CC2)CC1. The van der Waals surface area contributed by atoms with Gasteiger partial charge in [0.2, 0.25) is 0 Å². The molecule has 2 saturated carbocycles. The van der Waals surface area contributed by atoms with Crippen LogP contribution in [-0.4, -0.2) is 54.8 Å². The lowest BCUT2D eigenvalue weighted by Crippen LogP contribution is -2.33. The maximum absolute atomic E-state index is 12.4. The molecule has 2 aliphatic carbocycles. The van der Waals surface area contributed by atoms with E-state index in [1.807, 2.05) is 12.1 Å². The Kier molecular flexibility index (Phi) is 13.1. The van der Waals surface area contributed by atoms with E-state index in [0.29, 0.717) is 24.2 Å². The molecule has 0 amide bonds. The van der Waals surface area contributed by atoms with Gasteiger partial charge in [0.1, 0.15) is 0 Å². The van der Waals surface area contributed by atoms with Gasteiger partial charge in [-0.25, -0.2) is 9.59 Å². The molecule has 3 rings (SSSR count). The maximum atomic E-state index is 12.4. The number of aryl methyl sites for hydroxylation is 1. The van der Waals surface area contributed by atoms with Crippen molar-refractivity contribution in [2.45, 2.75) is 82.7 Å². The van der Waals surface area contributed by atoms with Crippen LogP contribution in [0.4, 0.5) is 13.2 Å². The van der Waals surface area contributed by atoms with Crippen LogP contribution in [0.1, 0.15) is 81.3 Å². The number of hydrogen-bond donors (Lipinski definition) is 2. The van der Waals surface area contributed by atoms with E-state index < -0.39 is 37.7 Å². The Hall–Kier alpha value is -2.65. The average Bonchev–Trinajstić information content (AvgIpc) is 3.00. The first kappa shape index (κ1) is 33.8. The Morgan fingerprint density at radius 1 is 0.810 bits per heavy atom. The number of aliphatic hydroxyl groups is 2. The van der Waals surface area contributed by atoms with E-state index in [0.717, 1.165) is 56.9 Å². The molecule has 1 aromatic carbocycles. The molecule has 2 N–H and O–H groups in total. The van der Waals surface area contributed by atoms with Gasteiger partial charge in [0, 0.05) is 12.3 Å². The lowest BCUT2D eigenvalue weighted by atomic mass is 9.67. The number of benzene rings is 1. The minimum atomic E-state index is -4.10. The lowest BCUT2D eigenvalue weighted by molar-refractivity contribution is -0.146. The van der Waals surface area contributed by atoms with E-state index in [9.17, 15) is 22.8 Å². The smallest absolute Gasteiger partial charge is 0.389 e. The maximum Gasteiger partial charge on any atom is 0.389 e. The van der Waals surface area contributed by atoms with Crippen LogP contribution in [0.5, 0.6) is 0 Å². The Bertz CT molecular complexity index is 1000. The number of alkyl halides is 3. The summed E-state index contributed by atoms with van der Waals surface area (Å²) in [6.45, 7) is 6.13. The highest BCUT2D eigenvalue weighted by atomic mass is 19.4. The molecule has 0 atom stereocenters. The van der Waals surface area contributed by atoms with Crippen LogP contribution in [0.15, 0.2) is 48.6 Å².